The van der Waals surface area contributed by atoms with Gasteiger partial charge in [0.2, 0.25) is 6.54 Å². The number of benzene rings is 1. The van der Waals surface area contributed by atoms with Crippen LogP contribution in [0.1, 0.15) is 26.3 Å². The average molecular weight is 331 g/mol. The first-order valence-corrected chi connectivity index (χ1v) is 6.37. The van der Waals surface area contributed by atoms with Crippen molar-refractivity contribution >= 4 is 27.7 Å². The van der Waals surface area contributed by atoms with Crippen molar-refractivity contribution in [3.8, 4) is 0 Å². The molecule has 0 aliphatic heterocycles. The number of hydrogen-bond donors (Lipinski definition) is 1. The number of nitro groups is 1. The topological polar surface area (TPSA) is 81.5 Å². The average Bonchev–Trinajstić information content (AvgIpc) is 2.18. The lowest BCUT2D eigenvalue weighted by molar-refractivity contribution is -0.496. The van der Waals surface area contributed by atoms with E-state index in [-0.39, 0.29) is 6.54 Å². The molecule has 0 spiro atoms. The van der Waals surface area contributed by atoms with E-state index in [1.54, 1.807) is 39.0 Å². The fraction of sp³-hybridized carbons (Fsp3) is 0.417. The monoisotopic (exact) mass is 330 g/mol. The lowest BCUT2D eigenvalue weighted by atomic mass is 10.2. The molecule has 0 aromatic heterocycles. The van der Waals surface area contributed by atoms with Gasteiger partial charge in [-0.05, 0) is 39.0 Å². The Balaban J connectivity index is 2.89. The van der Waals surface area contributed by atoms with E-state index < -0.39 is 16.6 Å². The fourth-order valence-corrected chi connectivity index (χ4v) is 1.72. The van der Waals surface area contributed by atoms with Crippen molar-refractivity contribution in [3.05, 3.63) is 38.3 Å². The molecule has 104 valence electrons. The highest BCUT2D eigenvalue weighted by Crippen LogP contribution is 2.23. The van der Waals surface area contributed by atoms with E-state index in [0.717, 1.165) is 0 Å². The van der Waals surface area contributed by atoms with Gasteiger partial charge in [0.25, 0.3) is 0 Å². The van der Waals surface area contributed by atoms with Crippen LogP contribution in [0.4, 0.5) is 10.5 Å². The number of ether oxygens (including phenoxy) is 1. The molecule has 0 aliphatic rings. The van der Waals surface area contributed by atoms with Crippen LogP contribution in [0.5, 0.6) is 0 Å². The minimum absolute atomic E-state index is 0.361. The smallest absolute Gasteiger partial charge is 0.412 e. The number of amides is 1. The van der Waals surface area contributed by atoms with Gasteiger partial charge in [0.1, 0.15) is 5.60 Å². The van der Waals surface area contributed by atoms with Crippen molar-refractivity contribution < 1.29 is 14.5 Å². The summed E-state index contributed by atoms with van der Waals surface area (Å²) in [5.74, 6) is 0. The first-order valence-electron chi connectivity index (χ1n) is 5.57. The zero-order valence-corrected chi connectivity index (χ0v) is 12.5. The molecule has 1 rings (SSSR count). The predicted molar refractivity (Wildman–Crippen MR) is 74.7 cm³/mol. The second kappa shape index (κ2) is 6.01. The Labute approximate surface area is 119 Å². The Morgan fingerprint density at radius 3 is 2.63 bits per heavy atom. The molecule has 1 aromatic carbocycles. The Morgan fingerprint density at radius 1 is 1.47 bits per heavy atom. The maximum Gasteiger partial charge on any atom is 0.412 e. The Kier molecular flexibility index (Phi) is 4.88. The summed E-state index contributed by atoms with van der Waals surface area (Å²) in [7, 11) is 0. The fourth-order valence-electron chi connectivity index (χ4n) is 1.36. The van der Waals surface area contributed by atoms with Crippen LogP contribution in [0, 0.1) is 10.1 Å². The molecule has 1 amide bonds. The highest BCUT2D eigenvalue weighted by Gasteiger charge is 2.18. The third kappa shape index (κ3) is 5.69. The maximum absolute atomic E-state index is 11.7. The Hall–Kier alpha value is -1.63. The predicted octanol–water partition coefficient (Wildman–Crippen LogP) is 3.57. The van der Waals surface area contributed by atoms with Gasteiger partial charge in [-0.25, -0.2) is 4.79 Å². The van der Waals surface area contributed by atoms with Crippen LogP contribution in [0.2, 0.25) is 0 Å². The zero-order valence-electron chi connectivity index (χ0n) is 10.9. The van der Waals surface area contributed by atoms with Crippen LogP contribution in [-0.2, 0) is 11.3 Å². The first-order chi connectivity index (χ1) is 8.67. The highest BCUT2D eigenvalue weighted by atomic mass is 79.9. The van der Waals surface area contributed by atoms with Crippen molar-refractivity contribution in [2.75, 3.05) is 5.32 Å². The number of rotatable bonds is 3. The van der Waals surface area contributed by atoms with Crippen LogP contribution in [0.15, 0.2) is 22.7 Å². The highest BCUT2D eigenvalue weighted by molar-refractivity contribution is 9.10. The molecule has 7 heteroatoms. The molecule has 0 aliphatic carbocycles. The molecule has 0 saturated heterocycles. The van der Waals surface area contributed by atoms with E-state index in [1.807, 2.05) is 0 Å². The molecular weight excluding hydrogens is 316 g/mol. The molecule has 1 aromatic rings. The minimum atomic E-state index is -0.643. The molecule has 0 saturated carbocycles. The molecule has 0 radical (unpaired) electrons. The van der Waals surface area contributed by atoms with E-state index >= 15 is 0 Å². The van der Waals surface area contributed by atoms with Crippen molar-refractivity contribution in [1.29, 1.82) is 0 Å². The van der Waals surface area contributed by atoms with Gasteiger partial charge in [-0.15, -0.1) is 0 Å². The van der Waals surface area contributed by atoms with Gasteiger partial charge in [-0.3, -0.25) is 15.4 Å². The Bertz CT molecular complexity index is 497. The Morgan fingerprint density at radius 2 is 2.11 bits per heavy atom. The van der Waals surface area contributed by atoms with Gasteiger partial charge in [0, 0.05) is 15.0 Å². The molecule has 0 bridgehead atoms. The standard InChI is InChI=1S/C12H15BrN2O4/c1-12(2,3)19-11(16)14-10-6-9(13)5-4-8(10)7-15(17)18/h4-6H,7H2,1-3H3,(H,14,16). The van der Waals surface area contributed by atoms with Gasteiger partial charge in [0.15, 0.2) is 0 Å². The van der Waals surface area contributed by atoms with Gasteiger partial charge in [-0.1, -0.05) is 15.9 Å². The number of nitrogens with zero attached hydrogens (tertiary/aromatic N) is 1. The third-order valence-electron chi connectivity index (χ3n) is 2.01. The van der Waals surface area contributed by atoms with E-state index in [2.05, 4.69) is 21.2 Å². The van der Waals surface area contributed by atoms with E-state index in [1.165, 1.54) is 0 Å². The van der Waals surface area contributed by atoms with Crippen molar-refractivity contribution in [2.45, 2.75) is 32.9 Å². The van der Waals surface area contributed by atoms with Gasteiger partial charge in [0.05, 0.1) is 5.69 Å². The first kappa shape index (κ1) is 15.4. The lowest BCUT2D eigenvalue weighted by Crippen LogP contribution is -2.27. The largest absolute Gasteiger partial charge is 0.444 e. The summed E-state index contributed by atoms with van der Waals surface area (Å²) >= 11 is 3.25. The number of nitrogens with one attached hydrogen (secondary N) is 1. The molecule has 1 N–H and O–H groups in total. The third-order valence-corrected chi connectivity index (χ3v) is 2.50. The van der Waals surface area contributed by atoms with E-state index in [0.29, 0.717) is 15.7 Å². The quantitative estimate of drug-likeness (QED) is 0.678. The number of carbonyl (C=O) groups is 1. The molecule has 0 atom stereocenters. The maximum atomic E-state index is 11.7. The minimum Gasteiger partial charge on any atom is -0.444 e. The summed E-state index contributed by atoms with van der Waals surface area (Å²) in [5.41, 5.74) is 0.152. The van der Waals surface area contributed by atoms with Crippen LogP contribution >= 0.6 is 15.9 Å². The van der Waals surface area contributed by atoms with Crippen LogP contribution in [0.25, 0.3) is 0 Å². The second-order valence-electron chi connectivity index (χ2n) is 4.92. The number of anilines is 1. The summed E-state index contributed by atoms with van der Waals surface area (Å²) in [6.07, 6.45) is -0.643. The summed E-state index contributed by atoms with van der Waals surface area (Å²) in [5, 5.41) is 13.1. The molecule has 6 nitrogen and oxygen atoms in total. The second-order valence-corrected chi connectivity index (χ2v) is 5.83. The van der Waals surface area contributed by atoms with E-state index in [9.17, 15) is 14.9 Å². The number of halogens is 1. The summed E-state index contributed by atoms with van der Waals surface area (Å²) in [6, 6.07) is 4.86. The molecule has 19 heavy (non-hydrogen) atoms. The normalized spacial score (nSPS) is 10.9. The number of hydrogen-bond acceptors (Lipinski definition) is 4. The van der Waals surface area contributed by atoms with Gasteiger partial charge < -0.3 is 4.74 Å². The van der Waals surface area contributed by atoms with Gasteiger partial charge >= 0.3 is 6.09 Å². The van der Waals surface area contributed by atoms with Crippen LogP contribution in [0.3, 0.4) is 0 Å². The van der Waals surface area contributed by atoms with Crippen LogP contribution < -0.4 is 5.32 Å². The molecule has 0 unspecified atom stereocenters. The molecule has 0 heterocycles. The number of carbonyl (C=O) groups excluding carboxylic acids is 1. The van der Waals surface area contributed by atoms with Crippen molar-refractivity contribution in [3.63, 3.8) is 0 Å². The lowest BCUT2D eigenvalue weighted by Gasteiger charge is -2.20. The summed E-state index contributed by atoms with van der Waals surface area (Å²) in [4.78, 5) is 21.8. The van der Waals surface area contributed by atoms with Gasteiger partial charge in [-0.2, -0.15) is 0 Å². The summed E-state index contributed by atoms with van der Waals surface area (Å²) < 4.78 is 5.82. The molecule has 0 fully saturated rings. The van der Waals surface area contributed by atoms with Crippen molar-refractivity contribution in [2.24, 2.45) is 0 Å². The van der Waals surface area contributed by atoms with Crippen LogP contribution in [-0.4, -0.2) is 16.6 Å². The summed E-state index contributed by atoms with van der Waals surface area (Å²) in [6.45, 7) is 4.86. The zero-order chi connectivity index (χ0) is 14.6. The van der Waals surface area contributed by atoms with Crippen molar-refractivity contribution in [1.82, 2.24) is 0 Å². The molecular formula is C12H15BrN2O4. The van der Waals surface area contributed by atoms with E-state index in [4.69, 9.17) is 4.74 Å². The SMILES string of the molecule is CC(C)(C)OC(=O)Nc1cc(Br)ccc1C[N+](=O)[O-].